The molecule has 0 aliphatic carbocycles. The second-order valence-electron chi connectivity index (χ2n) is 0. The van der Waals surface area contributed by atoms with Crippen LogP contribution < -0.4 is 37.7 Å². The van der Waals surface area contributed by atoms with Gasteiger partial charge < -0.3 is 8.33 Å². The predicted molar refractivity (Wildman–Crippen MR) is 2.91 cm³/mol. The van der Waals surface area contributed by atoms with Gasteiger partial charge in [0.25, 0.3) is 0 Å². The molecule has 0 spiro atoms. The van der Waals surface area contributed by atoms with Gasteiger partial charge in [0.1, 0.15) is 0 Å². The Morgan fingerprint density at radius 1 is 1.00 bits per heavy atom. The van der Waals surface area contributed by atoms with Crippen LogP contribution in [0.2, 0.25) is 0 Å². The maximum Gasteiger partial charge on any atom is 2.00 e. The Morgan fingerprint density at radius 2 is 1.00 bits per heavy atom. The third-order valence-electron chi connectivity index (χ3n) is 0. The van der Waals surface area contributed by atoms with Gasteiger partial charge in [-0.3, -0.25) is 0 Å². The largest absolute Gasteiger partial charge is 2.00 e. The van der Waals surface area contributed by atoms with Crippen molar-refractivity contribution in [3.05, 3.63) is 0 Å². The van der Waals surface area contributed by atoms with Crippen LogP contribution in [-0.4, -0.2) is 0 Å². The molecule has 4 heavy (non-hydrogen) atoms. The molecule has 0 amide bonds. The summed E-state index contributed by atoms with van der Waals surface area (Å²) in [6, 6.07) is 0. The molecule has 0 saturated carbocycles. The summed E-state index contributed by atoms with van der Waals surface area (Å²) in [6.45, 7) is 0. The van der Waals surface area contributed by atoms with Gasteiger partial charge in [-0.05, 0) is 0 Å². The van der Waals surface area contributed by atoms with Gasteiger partial charge in [0.05, 0.1) is 0 Å². The Bertz CT molecular complexity index is 11.5. The summed E-state index contributed by atoms with van der Waals surface area (Å²) in [7, 11) is 0. The van der Waals surface area contributed by atoms with E-state index in [0.717, 1.165) is 0 Å². The Hall–Kier alpha value is 1.67. The van der Waals surface area contributed by atoms with Crippen LogP contribution in [0, 0.1) is 0 Å². The van der Waals surface area contributed by atoms with Crippen LogP contribution in [0.25, 0.3) is 0 Å². The molecule has 1 radical (unpaired) electrons. The summed E-state index contributed by atoms with van der Waals surface area (Å²) in [5.74, 6) is 0. The first-order valence-electron chi connectivity index (χ1n) is 0. The van der Waals surface area contributed by atoms with Crippen LogP contribution in [0.5, 0.6) is 0 Å². The van der Waals surface area contributed by atoms with Crippen molar-refractivity contribution < 1.29 is 63.1 Å². The molecule has 1 nitrogen and oxygen atoms in total. The molecule has 0 aliphatic heterocycles. The van der Waals surface area contributed by atoms with Crippen LogP contribution in [0.4, 0.5) is 0 Å². The SMILES string of the molecule is [H-].[H-].[Li+].[Li+].[Mn+2].[O-2]. The van der Waals surface area contributed by atoms with Crippen molar-refractivity contribution in [1.82, 2.24) is 0 Å². The molecule has 0 unspecified atom stereocenters. The van der Waals surface area contributed by atoms with E-state index in [1.165, 1.54) is 0 Å². The van der Waals surface area contributed by atoms with E-state index < -0.39 is 0 Å². The molecule has 0 atom stereocenters. The van der Waals surface area contributed by atoms with Crippen LogP contribution in [0.3, 0.4) is 0 Å². The first-order chi connectivity index (χ1) is 0. The molecular weight excluding hydrogens is 84.8 g/mol. The van der Waals surface area contributed by atoms with Gasteiger partial charge in [-0.25, -0.2) is 0 Å². The Kier molecular flexibility index (Phi) is 249. The summed E-state index contributed by atoms with van der Waals surface area (Å²) >= 11 is 0. The topological polar surface area (TPSA) is 28.5 Å². The maximum atomic E-state index is 0. The molecule has 0 fully saturated rings. The molecule has 4 heteroatoms. The van der Waals surface area contributed by atoms with Crippen LogP contribution in [-0.2, 0) is 22.5 Å². The van der Waals surface area contributed by atoms with E-state index in [4.69, 9.17) is 0 Å². The summed E-state index contributed by atoms with van der Waals surface area (Å²) in [6.07, 6.45) is 0. The first kappa shape index (κ1) is 44.2. The van der Waals surface area contributed by atoms with Crippen LogP contribution >= 0.6 is 0 Å². The molecule has 0 aliphatic rings. The van der Waals surface area contributed by atoms with Crippen molar-refractivity contribution in [3.8, 4) is 0 Å². The second-order valence-corrected chi connectivity index (χ2v) is 0. The fourth-order valence-corrected chi connectivity index (χ4v) is 0. The molecule has 0 N–H and O–H groups in total. The standard InChI is InChI=1S/2Li.Mn.O.2H/q2*+1;+2;-2;2*-1. The fourth-order valence-electron chi connectivity index (χ4n) is 0. The Labute approximate surface area is 63.0 Å². The Balaban J connectivity index is 0. The van der Waals surface area contributed by atoms with E-state index in [9.17, 15) is 0 Å². The van der Waals surface area contributed by atoms with Gasteiger partial charge in [-0.15, -0.1) is 0 Å². The number of rotatable bonds is 0. The molecule has 17 valence electrons. The van der Waals surface area contributed by atoms with Gasteiger partial charge in [-0.1, -0.05) is 0 Å². The van der Waals surface area contributed by atoms with E-state index in [1.54, 1.807) is 0 Å². The molecule has 0 heterocycles. The predicted octanol–water partition coefficient (Wildman–Crippen LogP) is -5.89. The van der Waals surface area contributed by atoms with Gasteiger partial charge in [0, 0.05) is 0 Å². The summed E-state index contributed by atoms with van der Waals surface area (Å²) in [5.41, 5.74) is 0. The third-order valence-corrected chi connectivity index (χ3v) is 0. The first-order valence-corrected chi connectivity index (χ1v) is 0. The fraction of sp³-hybridized carbons (Fsp3) is 0. The van der Waals surface area contributed by atoms with Gasteiger partial charge >= 0.3 is 54.8 Å². The zero-order chi connectivity index (χ0) is 0. The van der Waals surface area contributed by atoms with Crippen molar-refractivity contribution in [2.24, 2.45) is 0 Å². The molecule has 0 bridgehead atoms. The average molecular weight is 86.8 g/mol. The molecule has 0 rings (SSSR count). The van der Waals surface area contributed by atoms with E-state index in [0.29, 0.717) is 0 Å². The van der Waals surface area contributed by atoms with Crippen LogP contribution in [0.15, 0.2) is 0 Å². The second kappa shape index (κ2) is 22.5. The van der Waals surface area contributed by atoms with E-state index >= 15 is 0 Å². The summed E-state index contributed by atoms with van der Waals surface area (Å²) in [4.78, 5) is 0. The monoisotopic (exact) mass is 87.0 g/mol. The molecule has 0 aromatic carbocycles. The van der Waals surface area contributed by atoms with E-state index in [-0.39, 0.29) is 63.1 Å². The maximum absolute atomic E-state index is 0. The van der Waals surface area contributed by atoms with Gasteiger partial charge in [-0.2, -0.15) is 0 Å². The third kappa shape index (κ3) is 9.37. The van der Waals surface area contributed by atoms with Crippen molar-refractivity contribution in [2.75, 3.05) is 0 Å². The number of hydrogen-bond acceptors (Lipinski definition) is 0. The smallest absolute Gasteiger partial charge is 2.00 e. The molecule has 0 saturated heterocycles. The normalized spacial score (nSPS) is 0. The van der Waals surface area contributed by atoms with Crippen LogP contribution in [0.1, 0.15) is 2.85 Å². The van der Waals surface area contributed by atoms with E-state index in [1.807, 2.05) is 0 Å². The van der Waals surface area contributed by atoms with Crippen molar-refractivity contribution in [1.29, 1.82) is 0 Å². The van der Waals surface area contributed by atoms with Crippen molar-refractivity contribution in [3.63, 3.8) is 0 Å². The summed E-state index contributed by atoms with van der Waals surface area (Å²) < 4.78 is 0. The quantitative estimate of drug-likeness (QED) is 0.263. The zero-order valence-corrected chi connectivity index (χ0v) is 3.97. The summed E-state index contributed by atoms with van der Waals surface area (Å²) in [5, 5.41) is 0. The zero-order valence-electron chi connectivity index (χ0n) is 4.79. The number of hydrogen-bond donors (Lipinski definition) is 0. The van der Waals surface area contributed by atoms with Gasteiger partial charge in [0.2, 0.25) is 0 Å². The minimum atomic E-state index is 0. The molecular formula is H2Li2MnO. The average Bonchev–Trinajstić information content (AvgIpc) is 0. The minimum absolute atomic E-state index is 0. The van der Waals surface area contributed by atoms with Crippen molar-refractivity contribution in [2.45, 2.75) is 0 Å². The Morgan fingerprint density at radius 3 is 1.00 bits per heavy atom. The minimum Gasteiger partial charge on any atom is -2.00 e. The van der Waals surface area contributed by atoms with E-state index in [2.05, 4.69) is 0 Å². The van der Waals surface area contributed by atoms with Gasteiger partial charge in [0.15, 0.2) is 0 Å². The van der Waals surface area contributed by atoms with Crippen molar-refractivity contribution >= 4 is 0 Å². The molecule has 0 aromatic heterocycles. The molecule has 0 aromatic rings.